The molecule has 3 aliphatic heterocycles. The Kier molecular flexibility index (Phi) is 6.41. The van der Waals surface area contributed by atoms with Gasteiger partial charge in [-0.15, -0.1) is 0 Å². The van der Waals surface area contributed by atoms with Gasteiger partial charge in [-0.1, -0.05) is 78.9 Å². The molecule has 2 bridgehead atoms. The lowest BCUT2D eigenvalue weighted by Crippen LogP contribution is -2.67. The van der Waals surface area contributed by atoms with Crippen LogP contribution in [0.25, 0.3) is 0 Å². The number of para-hydroxylation sites is 1. The number of ether oxygens (including phenoxy) is 1. The van der Waals surface area contributed by atoms with Crippen LogP contribution in [-0.2, 0) is 19.9 Å². The Hall–Kier alpha value is -3.48. The molecular weight excluding hydrogens is 440 g/mol. The van der Waals surface area contributed by atoms with E-state index in [2.05, 4.69) is 5.32 Å². The van der Waals surface area contributed by atoms with E-state index in [1.54, 1.807) is 48.5 Å². The fraction of sp³-hybridized carbons (Fsp3) is 0.310. The van der Waals surface area contributed by atoms with E-state index < -0.39 is 11.6 Å². The van der Waals surface area contributed by atoms with Crippen molar-refractivity contribution >= 4 is 17.6 Å². The Balaban J connectivity index is 1.34. The molecule has 3 saturated heterocycles. The number of nitrogens with one attached hydrogen (secondary N) is 1. The van der Waals surface area contributed by atoms with E-state index in [1.165, 1.54) is 0 Å². The van der Waals surface area contributed by atoms with Gasteiger partial charge >= 0.3 is 5.97 Å². The van der Waals surface area contributed by atoms with Gasteiger partial charge in [0.1, 0.15) is 6.54 Å². The Labute approximate surface area is 205 Å². The lowest BCUT2D eigenvalue weighted by Gasteiger charge is -2.52. The van der Waals surface area contributed by atoms with E-state index >= 15 is 0 Å². The quantitative estimate of drug-likeness (QED) is 0.425. The van der Waals surface area contributed by atoms with Crippen LogP contribution in [0, 0.1) is 5.92 Å². The van der Waals surface area contributed by atoms with Gasteiger partial charge in [-0.3, -0.25) is 9.59 Å². The molecule has 1 unspecified atom stereocenters. The molecule has 3 aromatic carbocycles. The Morgan fingerprint density at radius 1 is 0.857 bits per heavy atom. The number of quaternary nitrogens is 1. The van der Waals surface area contributed by atoms with Crippen molar-refractivity contribution in [1.82, 2.24) is 0 Å². The minimum absolute atomic E-state index is 0.0478. The van der Waals surface area contributed by atoms with Crippen LogP contribution in [0.4, 0.5) is 5.69 Å². The monoisotopic (exact) mass is 470 g/mol. The maximum absolute atomic E-state index is 14.2. The van der Waals surface area contributed by atoms with Crippen molar-refractivity contribution in [3.05, 3.63) is 102 Å². The van der Waals surface area contributed by atoms with Crippen LogP contribution in [0.1, 0.15) is 24.0 Å². The number of esters is 1. The lowest BCUT2D eigenvalue weighted by molar-refractivity contribution is -0.939. The summed E-state index contributed by atoms with van der Waals surface area (Å²) in [4.78, 5) is 26.4. The van der Waals surface area contributed by atoms with Gasteiger partial charge in [0.05, 0.1) is 13.1 Å². The minimum atomic E-state index is -2.15. The molecule has 3 aliphatic rings. The number of benzene rings is 3. The fourth-order valence-electron chi connectivity index (χ4n) is 5.57. The molecule has 1 N–H and O–H groups in total. The zero-order chi connectivity index (χ0) is 24.3. The number of carbonyl (C=O) groups is 2. The summed E-state index contributed by atoms with van der Waals surface area (Å²) in [5.74, 6) is -0.610. The highest BCUT2D eigenvalue weighted by atomic mass is 16.6. The molecule has 0 saturated carbocycles. The highest BCUT2D eigenvalue weighted by molar-refractivity contribution is 5.91. The zero-order valence-corrected chi connectivity index (χ0v) is 19.6. The maximum atomic E-state index is 14.2. The average Bonchev–Trinajstić information content (AvgIpc) is 2.90. The number of hydrogen-bond donors (Lipinski definition) is 1. The number of rotatable bonds is 7. The van der Waals surface area contributed by atoms with Gasteiger partial charge in [0.25, 0.3) is 5.91 Å². The number of amides is 1. The van der Waals surface area contributed by atoms with Gasteiger partial charge in [-0.25, -0.2) is 0 Å². The highest BCUT2D eigenvalue weighted by Crippen LogP contribution is 2.37. The Morgan fingerprint density at radius 2 is 1.37 bits per heavy atom. The third-order valence-corrected chi connectivity index (χ3v) is 7.48. The normalized spacial score (nSPS) is 23.5. The number of nitrogens with zero attached hydrogens (tertiary/aromatic N) is 1. The summed E-state index contributed by atoms with van der Waals surface area (Å²) in [6.07, 6.45) is 1.37. The summed E-state index contributed by atoms with van der Waals surface area (Å²) >= 11 is 0. The average molecular weight is 471 g/mol. The van der Waals surface area contributed by atoms with Crippen LogP contribution in [0.15, 0.2) is 91.0 Å². The van der Waals surface area contributed by atoms with E-state index in [-0.39, 0.29) is 17.9 Å². The first-order valence-electron chi connectivity index (χ1n) is 12.2. The second-order valence-electron chi connectivity index (χ2n) is 9.74. The molecule has 1 amide bonds. The number of anilines is 1. The molecule has 3 heterocycles. The molecule has 0 radical (unpaired) electrons. The molecule has 6 nitrogen and oxygen atoms in total. The molecular formula is C29H30N2O4. The molecule has 3 fully saturated rings. The Bertz CT molecular complexity index is 1120. The van der Waals surface area contributed by atoms with Gasteiger partial charge in [0.2, 0.25) is 0 Å². The second-order valence-corrected chi connectivity index (χ2v) is 9.74. The molecule has 1 atom stereocenters. The number of carbonyl (C=O) groups excluding carboxylic acids is 2. The predicted molar refractivity (Wildman–Crippen MR) is 131 cm³/mol. The van der Waals surface area contributed by atoms with Crippen molar-refractivity contribution in [1.29, 1.82) is 0 Å². The van der Waals surface area contributed by atoms with Crippen molar-refractivity contribution < 1.29 is 23.9 Å². The fourth-order valence-corrected chi connectivity index (χ4v) is 5.57. The van der Waals surface area contributed by atoms with Crippen molar-refractivity contribution in [3.8, 4) is 0 Å². The summed E-state index contributed by atoms with van der Waals surface area (Å²) in [7, 11) is 0. The number of fused-ring (bicyclic) bond motifs is 3. The SMILES string of the molecule is O=C(C[N+]12CCC(CC1)C(OC(=O)C([O-])(c1ccccc1)c1ccccc1)C2)Nc1ccccc1. The standard InChI is InChI=1S/C29H30N2O4/c32-27(30-25-14-8-3-9-15-25)21-31-18-16-22(17-19-31)26(20-31)35-28(33)29(34,23-10-4-1-5-11-23)24-12-6-2-7-13-24/h1-15,22,26H,16-21H2,(H,30,32). The molecule has 3 aromatic rings. The van der Waals surface area contributed by atoms with E-state index in [4.69, 9.17) is 4.74 Å². The lowest BCUT2D eigenvalue weighted by atomic mass is 9.82. The largest absolute Gasteiger partial charge is 0.834 e. The Morgan fingerprint density at radius 3 is 1.91 bits per heavy atom. The van der Waals surface area contributed by atoms with E-state index in [1.807, 2.05) is 42.5 Å². The summed E-state index contributed by atoms with van der Waals surface area (Å²) in [5, 5.41) is 17.2. The van der Waals surface area contributed by atoms with Gasteiger partial charge in [0.15, 0.2) is 12.6 Å². The molecule has 6 rings (SSSR count). The van der Waals surface area contributed by atoms with Crippen molar-refractivity contribution in [2.45, 2.75) is 24.5 Å². The van der Waals surface area contributed by atoms with Crippen LogP contribution in [0.2, 0.25) is 0 Å². The summed E-state index contributed by atoms with van der Waals surface area (Å²) in [6.45, 7) is 2.63. The van der Waals surface area contributed by atoms with Gasteiger partial charge in [-0.05, 0) is 23.3 Å². The smallest absolute Gasteiger partial charge is 0.304 e. The number of hydrogen-bond acceptors (Lipinski definition) is 4. The summed E-state index contributed by atoms with van der Waals surface area (Å²) in [6, 6.07) is 26.8. The van der Waals surface area contributed by atoms with Crippen LogP contribution >= 0.6 is 0 Å². The third-order valence-electron chi connectivity index (χ3n) is 7.48. The van der Waals surface area contributed by atoms with Gasteiger partial charge < -0.3 is 19.6 Å². The van der Waals surface area contributed by atoms with Crippen LogP contribution in [0.3, 0.4) is 0 Å². The third kappa shape index (κ3) is 4.72. The van der Waals surface area contributed by atoms with Crippen molar-refractivity contribution in [2.24, 2.45) is 5.92 Å². The summed E-state index contributed by atoms with van der Waals surface area (Å²) in [5.41, 5.74) is -0.649. The molecule has 180 valence electrons. The van der Waals surface area contributed by atoms with Crippen molar-refractivity contribution in [3.63, 3.8) is 0 Å². The van der Waals surface area contributed by atoms with Crippen LogP contribution in [0.5, 0.6) is 0 Å². The van der Waals surface area contributed by atoms with Gasteiger partial charge in [-0.2, -0.15) is 0 Å². The maximum Gasteiger partial charge on any atom is 0.304 e. The molecule has 6 heteroatoms. The molecule has 0 aromatic heterocycles. The predicted octanol–water partition coefficient (Wildman–Crippen LogP) is 3.08. The minimum Gasteiger partial charge on any atom is -0.834 e. The molecule has 0 aliphatic carbocycles. The van der Waals surface area contributed by atoms with E-state index in [9.17, 15) is 14.7 Å². The highest BCUT2D eigenvalue weighted by Gasteiger charge is 2.49. The van der Waals surface area contributed by atoms with Gasteiger partial charge in [0, 0.05) is 30.0 Å². The molecule has 35 heavy (non-hydrogen) atoms. The first kappa shape index (κ1) is 23.3. The first-order chi connectivity index (χ1) is 17.0. The number of piperidine rings is 3. The van der Waals surface area contributed by atoms with Crippen LogP contribution in [-0.4, -0.2) is 48.6 Å². The second kappa shape index (κ2) is 9.64. The first-order valence-corrected chi connectivity index (χ1v) is 12.2. The topological polar surface area (TPSA) is 78.5 Å². The van der Waals surface area contributed by atoms with Crippen molar-refractivity contribution in [2.75, 3.05) is 31.5 Å². The van der Waals surface area contributed by atoms with E-state index in [0.717, 1.165) is 31.6 Å². The summed E-state index contributed by atoms with van der Waals surface area (Å²) < 4.78 is 6.60. The van der Waals surface area contributed by atoms with E-state index in [0.29, 0.717) is 28.7 Å². The zero-order valence-electron chi connectivity index (χ0n) is 19.6. The molecule has 0 spiro atoms. The van der Waals surface area contributed by atoms with Crippen LogP contribution < -0.4 is 10.4 Å².